The molecule has 0 unspecified atom stereocenters. The zero-order valence-corrected chi connectivity index (χ0v) is 20.9. The van der Waals surface area contributed by atoms with E-state index in [2.05, 4.69) is 25.3 Å². The molecule has 0 bridgehead atoms. The van der Waals surface area contributed by atoms with Gasteiger partial charge in [0.05, 0.1) is 5.71 Å². The number of anilines is 3. The lowest BCUT2D eigenvalue weighted by atomic mass is 9.98. The second-order valence-electron chi connectivity index (χ2n) is 9.18. The van der Waals surface area contributed by atoms with Gasteiger partial charge in [0.25, 0.3) is 0 Å². The van der Waals surface area contributed by atoms with Crippen LogP contribution >= 0.6 is 0 Å². The number of benzene rings is 2. The lowest BCUT2D eigenvalue weighted by molar-refractivity contribution is 0.301. The van der Waals surface area contributed by atoms with E-state index in [-0.39, 0.29) is 18.3 Å². The highest BCUT2D eigenvalue weighted by atomic mass is 19.1. The molecular formula is C28H28FN7O2. The van der Waals surface area contributed by atoms with E-state index in [1.165, 1.54) is 18.5 Å². The number of aryl methyl sites for hydroxylation is 1. The second kappa shape index (κ2) is 11.2. The van der Waals surface area contributed by atoms with Crippen molar-refractivity contribution < 1.29 is 13.9 Å². The fourth-order valence-electron chi connectivity index (χ4n) is 4.36. The first kappa shape index (κ1) is 25.1. The molecule has 10 heteroatoms. The molecule has 0 saturated heterocycles. The van der Waals surface area contributed by atoms with Crippen LogP contribution in [0, 0.1) is 24.1 Å². The number of nitrogens with zero attached hydrogens (tertiary/aromatic N) is 4. The molecule has 1 fully saturated rings. The number of nitrogens with two attached hydrogens (primary N) is 1. The Morgan fingerprint density at radius 2 is 1.71 bits per heavy atom. The van der Waals surface area contributed by atoms with Crippen molar-refractivity contribution in [1.82, 2.24) is 19.9 Å². The molecule has 4 N–H and O–H groups in total. The second-order valence-corrected chi connectivity index (χ2v) is 9.18. The van der Waals surface area contributed by atoms with Crippen molar-refractivity contribution in [2.75, 3.05) is 11.1 Å². The van der Waals surface area contributed by atoms with Crippen molar-refractivity contribution in [2.24, 2.45) is 5.92 Å². The standard InChI is InChI=1S/C28H28FN7O2/c1-17-32-13-18(14-33-17)15-37-23-10-20(29)11-24(12-23)38-22-8-6-21(7-9-22)36-27-26(34-16-35-28(27)31)25(30)19-4-2-3-5-19/h6-14,16,19,30,36H,2-5,15H2,1H3,(H2,31,34,35). The lowest BCUT2D eigenvalue weighted by Crippen LogP contribution is -2.16. The minimum absolute atomic E-state index is 0.186. The molecule has 0 spiro atoms. The number of aromatic nitrogens is 4. The molecule has 9 nitrogen and oxygen atoms in total. The molecule has 2 aromatic heterocycles. The molecule has 1 aliphatic rings. The number of ether oxygens (including phenoxy) is 2. The number of hydrogen-bond donors (Lipinski definition) is 3. The smallest absolute Gasteiger partial charge is 0.151 e. The fourth-order valence-corrected chi connectivity index (χ4v) is 4.36. The Morgan fingerprint density at radius 1 is 1.00 bits per heavy atom. The number of nitrogen functional groups attached to an aromatic ring is 1. The Morgan fingerprint density at radius 3 is 2.45 bits per heavy atom. The summed E-state index contributed by atoms with van der Waals surface area (Å²) in [4.78, 5) is 16.7. The van der Waals surface area contributed by atoms with Gasteiger partial charge < -0.3 is 25.9 Å². The van der Waals surface area contributed by atoms with Gasteiger partial charge >= 0.3 is 0 Å². The van der Waals surface area contributed by atoms with Gasteiger partial charge in [-0.1, -0.05) is 12.8 Å². The first-order chi connectivity index (χ1) is 18.4. The van der Waals surface area contributed by atoms with Gasteiger partial charge in [0, 0.05) is 47.8 Å². The summed E-state index contributed by atoms with van der Waals surface area (Å²) in [5, 5.41) is 11.9. The molecule has 38 heavy (non-hydrogen) atoms. The number of hydrogen-bond acceptors (Lipinski definition) is 9. The molecule has 1 saturated carbocycles. The van der Waals surface area contributed by atoms with E-state index in [4.69, 9.17) is 20.6 Å². The van der Waals surface area contributed by atoms with E-state index in [0.717, 1.165) is 36.9 Å². The van der Waals surface area contributed by atoms with Crippen LogP contribution in [-0.4, -0.2) is 25.6 Å². The van der Waals surface area contributed by atoms with Crippen molar-refractivity contribution in [2.45, 2.75) is 39.2 Å². The van der Waals surface area contributed by atoms with Crippen molar-refractivity contribution in [1.29, 1.82) is 5.41 Å². The highest BCUT2D eigenvalue weighted by molar-refractivity contribution is 6.05. The minimum atomic E-state index is -0.479. The molecule has 5 rings (SSSR count). The van der Waals surface area contributed by atoms with Gasteiger partial charge in [-0.2, -0.15) is 0 Å². The van der Waals surface area contributed by atoms with Crippen LogP contribution in [0.25, 0.3) is 0 Å². The molecule has 0 amide bonds. The molecule has 0 atom stereocenters. The molecule has 2 aromatic carbocycles. The maximum atomic E-state index is 14.2. The maximum Gasteiger partial charge on any atom is 0.151 e. The monoisotopic (exact) mass is 513 g/mol. The molecule has 0 aliphatic heterocycles. The largest absolute Gasteiger partial charge is 0.489 e. The van der Waals surface area contributed by atoms with Gasteiger partial charge in [0.15, 0.2) is 5.82 Å². The summed E-state index contributed by atoms with van der Waals surface area (Å²) < 4.78 is 25.8. The summed E-state index contributed by atoms with van der Waals surface area (Å²) in [6, 6.07) is 11.3. The van der Waals surface area contributed by atoms with Gasteiger partial charge in [-0.3, -0.25) is 0 Å². The maximum absolute atomic E-state index is 14.2. The van der Waals surface area contributed by atoms with E-state index in [0.29, 0.717) is 40.2 Å². The minimum Gasteiger partial charge on any atom is -0.489 e. The van der Waals surface area contributed by atoms with Crippen LogP contribution in [0.5, 0.6) is 17.2 Å². The highest BCUT2D eigenvalue weighted by Crippen LogP contribution is 2.33. The summed E-state index contributed by atoms with van der Waals surface area (Å²) in [5.74, 6) is 1.79. The Kier molecular flexibility index (Phi) is 7.39. The number of nitrogens with one attached hydrogen (secondary N) is 2. The van der Waals surface area contributed by atoms with Gasteiger partial charge in [0.2, 0.25) is 0 Å². The van der Waals surface area contributed by atoms with Gasteiger partial charge in [0.1, 0.15) is 53.2 Å². The Labute approximate surface area is 219 Å². The van der Waals surface area contributed by atoms with Gasteiger partial charge in [-0.05, 0) is 44.0 Å². The predicted octanol–water partition coefficient (Wildman–Crippen LogP) is 5.97. The molecule has 1 aliphatic carbocycles. The summed E-state index contributed by atoms with van der Waals surface area (Å²) in [5.41, 5.74) is 9.17. The average Bonchev–Trinajstić information content (AvgIpc) is 3.45. The first-order valence-corrected chi connectivity index (χ1v) is 12.4. The van der Waals surface area contributed by atoms with Crippen LogP contribution in [0.15, 0.2) is 61.2 Å². The third-order valence-corrected chi connectivity index (χ3v) is 6.34. The van der Waals surface area contributed by atoms with E-state index < -0.39 is 5.82 Å². The van der Waals surface area contributed by atoms with Crippen LogP contribution in [0.1, 0.15) is 42.8 Å². The van der Waals surface area contributed by atoms with Crippen LogP contribution in [-0.2, 0) is 6.61 Å². The normalized spacial score (nSPS) is 13.3. The van der Waals surface area contributed by atoms with Crippen molar-refractivity contribution in [3.8, 4) is 17.2 Å². The number of rotatable bonds is 9. The van der Waals surface area contributed by atoms with Crippen molar-refractivity contribution in [3.63, 3.8) is 0 Å². The van der Waals surface area contributed by atoms with E-state index in [1.807, 2.05) is 0 Å². The molecule has 0 radical (unpaired) electrons. The predicted molar refractivity (Wildman–Crippen MR) is 143 cm³/mol. The van der Waals surface area contributed by atoms with E-state index in [9.17, 15) is 4.39 Å². The lowest BCUT2D eigenvalue weighted by Gasteiger charge is -2.17. The molecule has 2 heterocycles. The summed E-state index contributed by atoms with van der Waals surface area (Å²) in [7, 11) is 0. The third-order valence-electron chi connectivity index (χ3n) is 6.34. The Hall–Kier alpha value is -4.60. The van der Waals surface area contributed by atoms with Crippen molar-refractivity contribution >= 4 is 22.9 Å². The highest BCUT2D eigenvalue weighted by Gasteiger charge is 2.25. The fraction of sp³-hybridized carbons (Fsp3) is 0.250. The Bertz CT molecular complexity index is 1420. The molecule has 4 aromatic rings. The topological polar surface area (TPSA) is 132 Å². The van der Waals surface area contributed by atoms with Gasteiger partial charge in [-0.15, -0.1) is 0 Å². The SMILES string of the molecule is Cc1ncc(COc2cc(F)cc(Oc3ccc(Nc4c(N)ncnc4C(=N)C4CCCC4)cc3)c2)cn1. The van der Waals surface area contributed by atoms with Crippen LogP contribution < -0.4 is 20.5 Å². The zero-order valence-electron chi connectivity index (χ0n) is 20.9. The average molecular weight is 514 g/mol. The van der Waals surface area contributed by atoms with E-state index in [1.54, 1.807) is 49.6 Å². The van der Waals surface area contributed by atoms with Crippen molar-refractivity contribution in [3.05, 3.63) is 84.1 Å². The van der Waals surface area contributed by atoms with Crippen LogP contribution in [0.4, 0.5) is 21.6 Å². The summed E-state index contributed by atoms with van der Waals surface area (Å²) in [6.45, 7) is 2.01. The zero-order chi connectivity index (χ0) is 26.5. The molecular weight excluding hydrogens is 485 g/mol. The first-order valence-electron chi connectivity index (χ1n) is 12.4. The van der Waals surface area contributed by atoms with Gasteiger partial charge in [-0.25, -0.2) is 24.3 Å². The quantitative estimate of drug-likeness (QED) is 0.233. The number of halogens is 1. The summed E-state index contributed by atoms with van der Waals surface area (Å²) in [6.07, 6.45) is 8.95. The summed E-state index contributed by atoms with van der Waals surface area (Å²) >= 11 is 0. The van der Waals surface area contributed by atoms with Crippen LogP contribution in [0.2, 0.25) is 0 Å². The molecule has 194 valence electrons. The third kappa shape index (κ3) is 6.03. The van der Waals surface area contributed by atoms with E-state index >= 15 is 0 Å². The Balaban J connectivity index is 1.26. The van der Waals surface area contributed by atoms with Crippen LogP contribution in [0.3, 0.4) is 0 Å².